The lowest BCUT2D eigenvalue weighted by Crippen LogP contribution is -2.38. The fourth-order valence-corrected chi connectivity index (χ4v) is 2.49. The minimum absolute atomic E-state index is 0.0837. The zero-order chi connectivity index (χ0) is 21.1. The molecule has 0 fully saturated rings. The van der Waals surface area contributed by atoms with Gasteiger partial charge in [0.05, 0.1) is 5.56 Å². The maximum atomic E-state index is 12.4. The average Bonchev–Trinajstić information content (AvgIpc) is 2.61. The molecule has 2 rings (SSSR count). The van der Waals surface area contributed by atoms with Crippen LogP contribution in [-0.2, 0) is 14.1 Å². The van der Waals surface area contributed by atoms with Gasteiger partial charge in [0.15, 0.2) is 5.90 Å². The van der Waals surface area contributed by atoms with Crippen molar-refractivity contribution in [1.82, 2.24) is 9.13 Å². The number of halogens is 3. The summed E-state index contributed by atoms with van der Waals surface area (Å²) in [6, 6.07) is 5.02. The van der Waals surface area contributed by atoms with Gasteiger partial charge in [-0.2, -0.15) is 4.99 Å². The second-order valence-corrected chi connectivity index (χ2v) is 6.03. The highest BCUT2D eigenvalue weighted by atomic mass is 19.4. The van der Waals surface area contributed by atoms with Crippen molar-refractivity contribution in [2.24, 2.45) is 19.1 Å². The summed E-state index contributed by atoms with van der Waals surface area (Å²) >= 11 is 0. The van der Waals surface area contributed by atoms with Gasteiger partial charge in [-0.1, -0.05) is 13.0 Å². The number of alkyl halides is 3. The minimum Gasteiger partial charge on any atom is -0.443 e. The van der Waals surface area contributed by atoms with E-state index in [2.05, 4.69) is 9.73 Å². The van der Waals surface area contributed by atoms with Gasteiger partial charge in [-0.3, -0.25) is 13.9 Å². The Labute approximate surface area is 158 Å². The smallest absolute Gasteiger partial charge is 0.443 e. The molecule has 0 aliphatic heterocycles. The molecule has 0 aliphatic rings. The van der Waals surface area contributed by atoms with Crippen molar-refractivity contribution >= 4 is 11.7 Å². The Hall–Kier alpha value is -3.04. The molecule has 0 saturated heterocycles. The highest BCUT2D eigenvalue weighted by molar-refractivity contribution is 5.81. The maximum Gasteiger partial charge on any atom is 0.573 e. The number of rotatable bonds is 5. The lowest BCUT2D eigenvalue weighted by Gasteiger charge is -2.13. The van der Waals surface area contributed by atoms with Crippen LogP contribution in [0.4, 0.5) is 19.0 Å². The van der Waals surface area contributed by atoms with Crippen LogP contribution >= 0.6 is 0 Å². The van der Waals surface area contributed by atoms with Crippen LogP contribution in [0, 0.1) is 6.92 Å². The highest BCUT2D eigenvalue weighted by Crippen LogP contribution is 2.26. The van der Waals surface area contributed by atoms with Gasteiger partial charge in [-0.05, 0) is 25.5 Å². The molecule has 0 aliphatic carbocycles. The molecular weight excluding hydrogens is 379 g/mol. The Morgan fingerprint density at radius 2 is 1.79 bits per heavy atom. The fourth-order valence-electron chi connectivity index (χ4n) is 2.49. The molecule has 0 saturated carbocycles. The van der Waals surface area contributed by atoms with E-state index in [1.165, 1.54) is 37.7 Å². The van der Waals surface area contributed by atoms with Crippen molar-refractivity contribution in [3.8, 4) is 11.5 Å². The van der Waals surface area contributed by atoms with Crippen molar-refractivity contribution in [2.45, 2.75) is 33.1 Å². The van der Waals surface area contributed by atoms with Crippen molar-refractivity contribution in [2.75, 3.05) is 0 Å². The number of aromatic nitrogens is 2. The van der Waals surface area contributed by atoms with Gasteiger partial charge in [0.25, 0.3) is 5.56 Å². The van der Waals surface area contributed by atoms with E-state index in [0.29, 0.717) is 12.8 Å². The van der Waals surface area contributed by atoms with Gasteiger partial charge in [0.1, 0.15) is 17.3 Å². The number of hydrogen-bond donors (Lipinski definition) is 0. The third-order valence-corrected chi connectivity index (χ3v) is 3.82. The van der Waals surface area contributed by atoms with Crippen LogP contribution in [0.15, 0.2) is 38.8 Å². The molecule has 7 nitrogen and oxygen atoms in total. The van der Waals surface area contributed by atoms with Crippen LogP contribution in [0.1, 0.15) is 25.3 Å². The third kappa shape index (κ3) is 5.02. The summed E-state index contributed by atoms with van der Waals surface area (Å²) in [5.41, 5.74) is -0.792. The predicted molar refractivity (Wildman–Crippen MR) is 97.4 cm³/mol. The standard InChI is InChI=1S/C18H20F3N3O4/c1-5-7-14(22-15-11(2)16(25)24(4)17(26)23(15)3)27-12-8-6-9-13(10-12)28-18(19,20)21/h6,8-10H,5,7H2,1-4H3/b22-14+. The van der Waals surface area contributed by atoms with Gasteiger partial charge in [-0.25, -0.2) is 4.79 Å². The van der Waals surface area contributed by atoms with Crippen LogP contribution in [0.3, 0.4) is 0 Å². The second kappa shape index (κ2) is 8.32. The molecule has 1 heterocycles. The van der Waals surface area contributed by atoms with Crippen molar-refractivity contribution < 1.29 is 22.6 Å². The first-order chi connectivity index (χ1) is 13.0. The van der Waals surface area contributed by atoms with Crippen LogP contribution in [0.2, 0.25) is 0 Å². The predicted octanol–water partition coefficient (Wildman–Crippen LogP) is 3.20. The van der Waals surface area contributed by atoms with E-state index in [1.54, 1.807) is 0 Å². The third-order valence-electron chi connectivity index (χ3n) is 3.82. The zero-order valence-corrected chi connectivity index (χ0v) is 15.8. The molecule has 0 spiro atoms. The first-order valence-corrected chi connectivity index (χ1v) is 8.41. The SMILES string of the molecule is CCC/C(=N\c1c(C)c(=O)n(C)c(=O)n1C)Oc1cccc(OC(F)(F)F)c1. The Morgan fingerprint density at radius 3 is 2.39 bits per heavy atom. The normalized spacial score (nSPS) is 12.2. The topological polar surface area (TPSA) is 74.8 Å². The van der Waals surface area contributed by atoms with E-state index in [4.69, 9.17) is 4.74 Å². The van der Waals surface area contributed by atoms with Gasteiger partial charge >= 0.3 is 12.1 Å². The molecule has 0 bridgehead atoms. The van der Waals surface area contributed by atoms with Gasteiger partial charge < -0.3 is 9.47 Å². The Morgan fingerprint density at radius 1 is 1.14 bits per heavy atom. The molecule has 0 N–H and O–H groups in total. The quantitative estimate of drug-likeness (QED) is 0.572. The summed E-state index contributed by atoms with van der Waals surface area (Å²) in [6.45, 7) is 3.39. The first-order valence-electron chi connectivity index (χ1n) is 8.41. The monoisotopic (exact) mass is 399 g/mol. The Kier molecular flexibility index (Phi) is 6.32. The zero-order valence-electron chi connectivity index (χ0n) is 15.8. The second-order valence-electron chi connectivity index (χ2n) is 6.03. The molecule has 0 radical (unpaired) electrons. The molecule has 1 aromatic carbocycles. The van der Waals surface area contributed by atoms with E-state index in [1.807, 2.05) is 6.92 Å². The van der Waals surface area contributed by atoms with Crippen LogP contribution in [0.5, 0.6) is 11.5 Å². The van der Waals surface area contributed by atoms with E-state index in [0.717, 1.165) is 16.7 Å². The van der Waals surface area contributed by atoms with Crippen LogP contribution < -0.4 is 20.7 Å². The van der Waals surface area contributed by atoms with Crippen LogP contribution in [-0.4, -0.2) is 21.4 Å². The van der Waals surface area contributed by atoms with Gasteiger partial charge in [0.2, 0.25) is 0 Å². The summed E-state index contributed by atoms with van der Waals surface area (Å²) in [7, 11) is 2.83. The Balaban J connectivity index is 2.44. The summed E-state index contributed by atoms with van der Waals surface area (Å²) in [5.74, 6) is -0.0734. The fraction of sp³-hybridized carbons (Fsp3) is 0.389. The molecule has 1 aromatic heterocycles. The molecular formula is C18H20F3N3O4. The molecule has 0 amide bonds. The molecule has 152 valence electrons. The number of hydrogen-bond acceptors (Lipinski definition) is 5. The number of benzene rings is 1. The van der Waals surface area contributed by atoms with Crippen molar-refractivity contribution in [3.63, 3.8) is 0 Å². The Bertz CT molecular complexity index is 969. The van der Waals surface area contributed by atoms with Gasteiger partial charge in [0, 0.05) is 26.6 Å². The van der Waals surface area contributed by atoms with Gasteiger partial charge in [-0.15, -0.1) is 13.2 Å². The largest absolute Gasteiger partial charge is 0.573 e. The molecule has 10 heteroatoms. The first kappa shape index (κ1) is 21.3. The van der Waals surface area contributed by atoms with Crippen molar-refractivity contribution in [3.05, 3.63) is 50.7 Å². The molecule has 2 aromatic rings. The number of nitrogens with zero attached hydrogens (tertiary/aromatic N) is 3. The van der Waals surface area contributed by atoms with E-state index in [-0.39, 0.29) is 23.0 Å². The minimum atomic E-state index is -4.82. The highest BCUT2D eigenvalue weighted by Gasteiger charge is 2.31. The van der Waals surface area contributed by atoms with Crippen LogP contribution in [0.25, 0.3) is 0 Å². The van der Waals surface area contributed by atoms with E-state index in [9.17, 15) is 22.8 Å². The maximum absolute atomic E-state index is 12.4. The molecule has 0 unspecified atom stereocenters. The summed E-state index contributed by atoms with van der Waals surface area (Å²) in [5, 5.41) is 0. The van der Waals surface area contributed by atoms with E-state index >= 15 is 0 Å². The summed E-state index contributed by atoms with van der Waals surface area (Å²) in [6.07, 6.45) is -3.86. The lowest BCUT2D eigenvalue weighted by atomic mass is 10.3. The molecule has 28 heavy (non-hydrogen) atoms. The summed E-state index contributed by atoms with van der Waals surface area (Å²) < 4.78 is 48.8. The average molecular weight is 399 g/mol. The van der Waals surface area contributed by atoms with E-state index < -0.39 is 23.4 Å². The number of aliphatic imine (C=N–C) groups is 1. The van der Waals surface area contributed by atoms with Crippen molar-refractivity contribution in [1.29, 1.82) is 0 Å². The lowest BCUT2D eigenvalue weighted by molar-refractivity contribution is -0.274. The summed E-state index contributed by atoms with van der Waals surface area (Å²) in [4.78, 5) is 28.6. The molecule has 0 atom stereocenters. The number of ether oxygens (including phenoxy) is 2.